The van der Waals surface area contributed by atoms with Crippen molar-refractivity contribution in [2.45, 2.75) is 56.0 Å². The number of benzene rings is 1. The summed E-state index contributed by atoms with van der Waals surface area (Å²) in [5.74, 6) is -0.185. The van der Waals surface area contributed by atoms with E-state index in [4.69, 9.17) is 4.74 Å². The lowest BCUT2D eigenvalue weighted by Crippen LogP contribution is -2.47. The molecule has 1 amide bonds. The summed E-state index contributed by atoms with van der Waals surface area (Å²) in [7, 11) is -1.87. The van der Waals surface area contributed by atoms with Crippen molar-refractivity contribution in [3.8, 4) is 0 Å². The molecule has 1 atom stereocenters. The maximum atomic E-state index is 12.9. The predicted molar refractivity (Wildman–Crippen MR) is 112 cm³/mol. The Morgan fingerprint density at radius 3 is 2.41 bits per heavy atom. The Labute approximate surface area is 174 Å². The molecule has 0 radical (unpaired) electrons. The van der Waals surface area contributed by atoms with Crippen LogP contribution in [0.3, 0.4) is 0 Å². The molecule has 29 heavy (non-hydrogen) atoms. The molecule has 2 fully saturated rings. The molecule has 7 nitrogen and oxygen atoms in total. The first-order chi connectivity index (χ1) is 13.9. The molecule has 1 unspecified atom stereocenters. The van der Waals surface area contributed by atoms with Gasteiger partial charge < -0.3 is 10.1 Å². The second-order valence-corrected chi connectivity index (χ2v) is 10.0. The minimum atomic E-state index is -3.54. The highest BCUT2D eigenvalue weighted by molar-refractivity contribution is 7.89. The molecule has 1 aromatic carbocycles. The summed E-state index contributed by atoms with van der Waals surface area (Å²) in [6, 6.07) is 6.56. The Kier molecular flexibility index (Phi) is 7.67. The number of hydrogen-bond donors (Lipinski definition) is 1. The van der Waals surface area contributed by atoms with Crippen molar-refractivity contribution in [2.75, 3.05) is 39.9 Å². The third-order valence-corrected chi connectivity index (χ3v) is 8.03. The highest BCUT2D eigenvalue weighted by atomic mass is 32.2. The molecule has 0 aromatic heterocycles. The molecule has 1 saturated carbocycles. The SMILES string of the molecule is CC(CNC(=O)c1ccc(S(=O)(=O)N(C)C2CCCCC2)cc1)N1CCOCC1. The first kappa shape index (κ1) is 22.2. The molecule has 1 N–H and O–H groups in total. The molecule has 1 saturated heterocycles. The van der Waals surface area contributed by atoms with E-state index in [1.807, 2.05) is 0 Å². The number of carbonyl (C=O) groups excluding carboxylic acids is 1. The molecule has 3 rings (SSSR count). The number of carbonyl (C=O) groups is 1. The van der Waals surface area contributed by atoms with Crippen molar-refractivity contribution in [3.05, 3.63) is 29.8 Å². The van der Waals surface area contributed by atoms with Gasteiger partial charge in [-0.05, 0) is 44.0 Å². The molecule has 1 aliphatic carbocycles. The smallest absolute Gasteiger partial charge is 0.251 e. The second-order valence-electron chi connectivity index (χ2n) is 8.04. The average molecular weight is 424 g/mol. The zero-order chi connectivity index (χ0) is 20.9. The molecule has 162 valence electrons. The van der Waals surface area contributed by atoms with Gasteiger partial charge >= 0.3 is 0 Å². The fourth-order valence-electron chi connectivity index (χ4n) is 4.08. The molecular weight excluding hydrogens is 390 g/mol. The molecule has 0 spiro atoms. The number of hydrogen-bond acceptors (Lipinski definition) is 5. The third-order valence-electron chi connectivity index (χ3n) is 6.11. The minimum absolute atomic E-state index is 0.0680. The average Bonchev–Trinajstić information content (AvgIpc) is 2.78. The highest BCUT2D eigenvalue weighted by Crippen LogP contribution is 2.26. The number of sulfonamides is 1. The summed E-state index contributed by atoms with van der Waals surface area (Å²) < 4.78 is 32.7. The molecular formula is C21H33N3O4S. The van der Waals surface area contributed by atoms with Gasteiger partial charge in [-0.15, -0.1) is 0 Å². The molecule has 1 aromatic rings. The Hall–Kier alpha value is -1.48. The van der Waals surface area contributed by atoms with Gasteiger partial charge in [-0.1, -0.05) is 19.3 Å². The zero-order valence-corrected chi connectivity index (χ0v) is 18.3. The van der Waals surface area contributed by atoms with Crippen LogP contribution in [0.5, 0.6) is 0 Å². The maximum Gasteiger partial charge on any atom is 0.251 e. The Bertz CT molecular complexity index is 770. The van der Waals surface area contributed by atoms with Crippen molar-refractivity contribution >= 4 is 15.9 Å². The zero-order valence-electron chi connectivity index (χ0n) is 17.5. The monoisotopic (exact) mass is 423 g/mol. The highest BCUT2D eigenvalue weighted by Gasteiger charge is 2.29. The Morgan fingerprint density at radius 2 is 1.79 bits per heavy atom. The standard InChI is InChI=1S/C21H33N3O4S/c1-17(24-12-14-28-15-13-24)16-22-21(25)18-8-10-20(11-9-18)29(26,27)23(2)19-6-4-3-5-7-19/h8-11,17,19H,3-7,12-16H2,1-2H3,(H,22,25). The fourth-order valence-corrected chi connectivity index (χ4v) is 5.49. The fraction of sp³-hybridized carbons (Fsp3) is 0.667. The van der Waals surface area contributed by atoms with Gasteiger partial charge in [0.15, 0.2) is 0 Å². The maximum absolute atomic E-state index is 12.9. The van der Waals surface area contributed by atoms with Gasteiger partial charge in [0.05, 0.1) is 18.1 Å². The third kappa shape index (κ3) is 5.57. The van der Waals surface area contributed by atoms with Gasteiger partial charge in [0.1, 0.15) is 0 Å². The summed E-state index contributed by atoms with van der Waals surface area (Å²) in [5, 5.41) is 2.95. The van der Waals surface area contributed by atoms with Crippen LogP contribution < -0.4 is 5.32 Å². The normalized spacial score (nSPS) is 20.5. The van der Waals surface area contributed by atoms with Crippen molar-refractivity contribution in [2.24, 2.45) is 0 Å². The van der Waals surface area contributed by atoms with Crippen LogP contribution in [0.15, 0.2) is 29.2 Å². The van der Waals surface area contributed by atoms with E-state index in [0.29, 0.717) is 12.1 Å². The number of morpholine rings is 1. The van der Waals surface area contributed by atoms with Crippen LogP contribution in [-0.2, 0) is 14.8 Å². The van der Waals surface area contributed by atoms with Crippen molar-refractivity contribution < 1.29 is 17.9 Å². The topological polar surface area (TPSA) is 79.0 Å². The molecule has 1 heterocycles. The van der Waals surface area contributed by atoms with E-state index in [0.717, 1.165) is 52.0 Å². The van der Waals surface area contributed by atoms with E-state index in [1.54, 1.807) is 19.2 Å². The van der Waals surface area contributed by atoms with Crippen LogP contribution in [0.4, 0.5) is 0 Å². The Balaban J connectivity index is 1.57. The molecule has 8 heteroatoms. The molecule has 2 aliphatic rings. The molecule has 0 bridgehead atoms. The van der Waals surface area contributed by atoms with E-state index in [9.17, 15) is 13.2 Å². The van der Waals surface area contributed by atoms with Gasteiger partial charge in [0, 0.05) is 44.3 Å². The lowest BCUT2D eigenvalue weighted by atomic mass is 9.96. The summed E-state index contributed by atoms with van der Waals surface area (Å²) in [6.07, 6.45) is 5.16. The minimum Gasteiger partial charge on any atom is -0.379 e. The first-order valence-corrected chi connectivity index (χ1v) is 12.0. The summed E-state index contributed by atoms with van der Waals surface area (Å²) in [4.78, 5) is 15.0. The van der Waals surface area contributed by atoms with E-state index in [2.05, 4.69) is 17.1 Å². The lowest BCUT2D eigenvalue weighted by molar-refractivity contribution is 0.0204. The van der Waals surface area contributed by atoms with Gasteiger partial charge in [-0.2, -0.15) is 4.31 Å². The number of nitrogens with zero attached hydrogens (tertiary/aromatic N) is 2. The van der Waals surface area contributed by atoms with Crippen LogP contribution in [0, 0.1) is 0 Å². The molecule has 1 aliphatic heterocycles. The van der Waals surface area contributed by atoms with Crippen molar-refractivity contribution in [1.29, 1.82) is 0 Å². The van der Waals surface area contributed by atoms with Crippen LogP contribution in [-0.4, -0.2) is 75.5 Å². The number of amides is 1. The summed E-state index contributed by atoms with van der Waals surface area (Å²) in [5.41, 5.74) is 0.471. The summed E-state index contributed by atoms with van der Waals surface area (Å²) in [6.45, 7) is 5.83. The van der Waals surface area contributed by atoms with Gasteiger partial charge in [0.25, 0.3) is 5.91 Å². The van der Waals surface area contributed by atoms with Crippen molar-refractivity contribution in [3.63, 3.8) is 0 Å². The van der Waals surface area contributed by atoms with Crippen LogP contribution in [0.1, 0.15) is 49.4 Å². The van der Waals surface area contributed by atoms with E-state index in [-0.39, 0.29) is 22.9 Å². The Morgan fingerprint density at radius 1 is 1.17 bits per heavy atom. The van der Waals surface area contributed by atoms with Crippen LogP contribution in [0.25, 0.3) is 0 Å². The van der Waals surface area contributed by atoms with E-state index >= 15 is 0 Å². The largest absolute Gasteiger partial charge is 0.379 e. The quantitative estimate of drug-likeness (QED) is 0.727. The first-order valence-electron chi connectivity index (χ1n) is 10.6. The van der Waals surface area contributed by atoms with E-state index in [1.165, 1.54) is 22.9 Å². The number of rotatable bonds is 7. The van der Waals surface area contributed by atoms with Crippen LogP contribution in [0.2, 0.25) is 0 Å². The van der Waals surface area contributed by atoms with Gasteiger partial charge in [-0.3, -0.25) is 9.69 Å². The number of nitrogens with one attached hydrogen (secondary N) is 1. The lowest BCUT2D eigenvalue weighted by Gasteiger charge is -2.32. The van der Waals surface area contributed by atoms with Gasteiger partial charge in [-0.25, -0.2) is 8.42 Å². The van der Waals surface area contributed by atoms with Crippen LogP contribution >= 0.6 is 0 Å². The summed E-state index contributed by atoms with van der Waals surface area (Å²) >= 11 is 0. The van der Waals surface area contributed by atoms with Gasteiger partial charge in [0.2, 0.25) is 10.0 Å². The predicted octanol–water partition coefficient (Wildman–Crippen LogP) is 2.09. The number of ether oxygens (including phenoxy) is 1. The van der Waals surface area contributed by atoms with E-state index < -0.39 is 10.0 Å². The van der Waals surface area contributed by atoms with Crippen molar-refractivity contribution in [1.82, 2.24) is 14.5 Å². The second kappa shape index (κ2) is 10.0.